The lowest BCUT2D eigenvalue weighted by atomic mass is 10.3. The molecule has 0 atom stereocenters. The van der Waals surface area contributed by atoms with Gasteiger partial charge in [0.25, 0.3) is 0 Å². The maximum absolute atomic E-state index is 13.5. The maximum atomic E-state index is 13.5. The van der Waals surface area contributed by atoms with Gasteiger partial charge in [-0.25, -0.2) is 9.37 Å². The number of halogens is 3. The second kappa shape index (κ2) is 4.98. The molecule has 0 saturated heterocycles. The van der Waals surface area contributed by atoms with Crippen molar-refractivity contribution in [3.05, 3.63) is 45.4 Å². The number of aromatic nitrogens is 2. The van der Waals surface area contributed by atoms with Crippen molar-refractivity contribution in [3.8, 4) is 11.8 Å². The van der Waals surface area contributed by atoms with Gasteiger partial charge in [-0.2, -0.15) is 4.98 Å². The van der Waals surface area contributed by atoms with Gasteiger partial charge in [0.2, 0.25) is 0 Å². The highest BCUT2D eigenvalue weighted by molar-refractivity contribution is 9.10. The van der Waals surface area contributed by atoms with Crippen LogP contribution in [0.3, 0.4) is 0 Å². The first-order chi connectivity index (χ1) is 8.06. The number of hydrogen-bond donors (Lipinski definition) is 0. The molecule has 88 valence electrons. The van der Waals surface area contributed by atoms with Crippen LogP contribution in [0.25, 0.3) is 0 Å². The van der Waals surface area contributed by atoms with Crippen molar-refractivity contribution in [2.24, 2.45) is 0 Å². The molecule has 1 heterocycles. The van der Waals surface area contributed by atoms with Gasteiger partial charge in [0.05, 0.1) is 16.9 Å². The van der Waals surface area contributed by atoms with Gasteiger partial charge in [-0.3, -0.25) is 0 Å². The molecule has 1 aromatic heterocycles. The standard InChI is InChI=1S/C11H7BrClFN2O/c1-6-8(13)5-15-11(16-6)17-10-3-2-7(12)4-9(10)14/h2-5H,1H3. The fourth-order valence-corrected chi connectivity index (χ4v) is 1.56. The van der Waals surface area contributed by atoms with E-state index in [0.717, 1.165) is 0 Å². The minimum atomic E-state index is -0.490. The molecule has 0 aliphatic carbocycles. The van der Waals surface area contributed by atoms with Crippen LogP contribution in [0.5, 0.6) is 11.8 Å². The summed E-state index contributed by atoms with van der Waals surface area (Å²) >= 11 is 8.93. The number of rotatable bonds is 2. The normalized spacial score (nSPS) is 10.4. The Hall–Kier alpha value is -1.20. The van der Waals surface area contributed by atoms with Crippen LogP contribution in [0.15, 0.2) is 28.9 Å². The van der Waals surface area contributed by atoms with Crippen molar-refractivity contribution >= 4 is 27.5 Å². The zero-order chi connectivity index (χ0) is 12.4. The summed E-state index contributed by atoms with van der Waals surface area (Å²) in [5.74, 6) is -0.425. The lowest BCUT2D eigenvalue weighted by molar-refractivity contribution is 0.410. The summed E-state index contributed by atoms with van der Waals surface area (Å²) < 4.78 is 19.3. The third-order valence-corrected chi connectivity index (χ3v) is 2.86. The predicted molar refractivity (Wildman–Crippen MR) is 66.0 cm³/mol. The zero-order valence-electron chi connectivity index (χ0n) is 8.75. The quantitative estimate of drug-likeness (QED) is 0.835. The van der Waals surface area contributed by atoms with Gasteiger partial charge in [0.1, 0.15) is 0 Å². The van der Waals surface area contributed by atoms with Crippen molar-refractivity contribution in [1.82, 2.24) is 9.97 Å². The van der Waals surface area contributed by atoms with E-state index in [9.17, 15) is 4.39 Å². The second-order valence-corrected chi connectivity index (χ2v) is 4.59. The number of nitrogens with zero attached hydrogens (tertiary/aromatic N) is 2. The van der Waals surface area contributed by atoms with Crippen molar-refractivity contribution in [3.63, 3.8) is 0 Å². The van der Waals surface area contributed by atoms with Crippen LogP contribution in [0.1, 0.15) is 5.69 Å². The molecule has 0 saturated carbocycles. The Balaban J connectivity index is 2.28. The Kier molecular flexibility index (Phi) is 3.59. The lowest BCUT2D eigenvalue weighted by Crippen LogP contribution is -1.95. The molecule has 0 radical (unpaired) electrons. The Morgan fingerprint density at radius 2 is 2.18 bits per heavy atom. The Labute approximate surface area is 111 Å². The van der Waals surface area contributed by atoms with E-state index in [2.05, 4.69) is 25.9 Å². The molecule has 0 aliphatic rings. The van der Waals surface area contributed by atoms with E-state index in [-0.39, 0.29) is 11.8 Å². The zero-order valence-corrected chi connectivity index (χ0v) is 11.1. The summed E-state index contributed by atoms with van der Waals surface area (Å²) in [5.41, 5.74) is 0.578. The average molecular weight is 318 g/mol. The monoisotopic (exact) mass is 316 g/mol. The molecular formula is C11H7BrClFN2O. The first kappa shape index (κ1) is 12.3. The SMILES string of the molecule is Cc1nc(Oc2ccc(Br)cc2F)ncc1Cl. The summed E-state index contributed by atoms with van der Waals surface area (Å²) in [6.07, 6.45) is 1.41. The van der Waals surface area contributed by atoms with Crippen molar-refractivity contribution < 1.29 is 9.13 Å². The molecule has 17 heavy (non-hydrogen) atoms. The van der Waals surface area contributed by atoms with Crippen molar-refractivity contribution in [1.29, 1.82) is 0 Å². The molecule has 2 aromatic rings. The molecule has 0 N–H and O–H groups in total. The van der Waals surface area contributed by atoms with Crippen molar-refractivity contribution in [2.75, 3.05) is 0 Å². The van der Waals surface area contributed by atoms with Gasteiger partial charge >= 0.3 is 6.01 Å². The van der Waals surface area contributed by atoms with E-state index in [4.69, 9.17) is 16.3 Å². The summed E-state index contributed by atoms with van der Waals surface area (Å²) in [5, 5.41) is 0.439. The third-order valence-electron chi connectivity index (χ3n) is 1.99. The van der Waals surface area contributed by atoms with Crippen LogP contribution < -0.4 is 4.74 Å². The summed E-state index contributed by atoms with van der Waals surface area (Å²) in [4.78, 5) is 7.84. The molecule has 0 aliphatic heterocycles. The van der Waals surface area contributed by atoms with Crippen LogP contribution in [0.2, 0.25) is 5.02 Å². The first-order valence-electron chi connectivity index (χ1n) is 4.68. The van der Waals surface area contributed by atoms with Crippen molar-refractivity contribution in [2.45, 2.75) is 6.92 Å². The molecular weight excluding hydrogens is 310 g/mol. The van der Waals surface area contributed by atoms with Gasteiger partial charge < -0.3 is 4.74 Å². The highest BCUT2D eigenvalue weighted by Gasteiger charge is 2.08. The van der Waals surface area contributed by atoms with E-state index < -0.39 is 5.82 Å². The minimum absolute atomic E-state index is 0.0631. The molecule has 6 heteroatoms. The largest absolute Gasteiger partial charge is 0.421 e. The topological polar surface area (TPSA) is 35.0 Å². The summed E-state index contributed by atoms with van der Waals surface area (Å²) in [6.45, 7) is 1.72. The Morgan fingerprint density at radius 3 is 2.82 bits per heavy atom. The number of benzene rings is 1. The van der Waals surface area contributed by atoms with Crippen LogP contribution in [0, 0.1) is 12.7 Å². The van der Waals surface area contributed by atoms with Crippen LogP contribution in [0.4, 0.5) is 4.39 Å². The minimum Gasteiger partial charge on any atom is -0.421 e. The summed E-state index contributed by atoms with van der Waals surface area (Å²) in [6, 6.07) is 4.53. The molecule has 0 spiro atoms. The Bertz CT molecular complexity index is 565. The van der Waals surface area contributed by atoms with Gasteiger partial charge in [0.15, 0.2) is 11.6 Å². The maximum Gasteiger partial charge on any atom is 0.322 e. The number of hydrogen-bond acceptors (Lipinski definition) is 3. The number of aryl methyl sites for hydroxylation is 1. The van der Waals surface area contributed by atoms with E-state index in [1.165, 1.54) is 18.3 Å². The molecule has 0 unspecified atom stereocenters. The molecule has 2 rings (SSSR count). The number of ether oxygens (including phenoxy) is 1. The van der Waals surface area contributed by atoms with Crippen LogP contribution in [-0.4, -0.2) is 9.97 Å². The fraction of sp³-hybridized carbons (Fsp3) is 0.0909. The smallest absolute Gasteiger partial charge is 0.322 e. The van der Waals surface area contributed by atoms with Crippen LogP contribution >= 0.6 is 27.5 Å². The average Bonchev–Trinajstić information content (AvgIpc) is 2.27. The molecule has 0 amide bonds. The summed E-state index contributed by atoms with van der Waals surface area (Å²) in [7, 11) is 0. The molecule has 0 bridgehead atoms. The third kappa shape index (κ3) is 2.92. The van der Waals surface area contributed by atoms with Crippen LogP contribution in [-0.2, 0) is 0 Å². The lowest BCUT2D eigenvalue weighted by Gasteiger charge is -2.06. The van der Waals surface area contributed by atoms with E-state index >= 15 is 0 Å². The van der Waals surface area contributed by atoms with Gasteiger partial charge in [0, 0.05) is 4.47 Å². The Morgan fingerprint density at radius 1 is 1.41 bits per heavy atom. The second-order valence-electron chi connectivity index (χ2n) is 3.26. The highest BCUT2D eigenvalue weighted by atomic mass is 79.9. The van der Waals surface area contributed by atoms with Gasteiger partial charge in [-0.05, 0) is 25.1 Å². The van der Waals surface area contributed by atoms with E-state index in [0.29, 0.717) is 15.2 Å². The molecule has 3 nitrogen and oxygen atoms in total. The molecule has 0 fully saturated rings. The first-order valence-corrected chi connectivity index (χ1v) is 5.85. The molecule has 1 aromatic carbocycles. The van der Waals surface area contributed by atoms with E-state index in [1.807, 2.05) is 0 Å². The predicted octanol–water partition coefficient (Wildman–Crippen LogP) is 4.13. The fourth-order valence-electron chi connectivity index (χ4n) is 1.14. The van der Waals surface area contributed by atoms with Gasteiger partial charge in [-0.1, -0.05) is 27.5 Å². The highest BCUT2D eigenvalue weighted by Crippen LogP contribution is 2.25. The van der Waals surface area contributed by atoms with E-state index in [1.54, 1.807) is 13.0 Å². The van der Waals surface area contributed by atoms with Gasteiger partial charge in [-0.15, -0.1) is 0 Å².